The van der Waals surface area contributed by atoms with Gasteiger partial charge in [-0.05, 0) is 24.0 Å². The van der Waals surface area contributed by atoms with Crippen LogP contribution in [0.25, 0.3) is 0 Å². The molecule has 1 aromatic rings. The van der Waals surface area contributed by atoms with Gasteiger partial charge in [0.05, 0.1) is 5.56 Å². The van der Waals surface area contributed by atoms with Crippen molar-refractivity contribution in [1.29, 1.82) is 0 Å². The monoisotopic (exact) mass is 197 g/mol. The highest BCUT2D eigenvalue weighted by molar-refractivity contribution is 7.99. The van der Waals surface area contributed by atoms with Gasteiger partial charge in [-0.2, -0.15) is 0 Å². The normalized spacial score (nSPS) is 9.92. The summed E-state index contributed by atoms with van der Waals surface area (Å²) in [5.74, 6) is -0.0343. The average molecular weight is 197 g/mol. The van der Waals surface area contributed by atoms with Crippen LogP contribution in [0.4, 0.5) is 5.69 Å². The third-order valence-corrected chi connectivity index (χ3v) is 2.34. The number of anilines is 1. The van der Waals surface area contributed by atoms with Gasteiger partial charge >= 0.3 is 5.97 Å². The Labute approximate surface area is 80.9 Å². The number of carbonyl (C=O) groups is 1. The average Bonchev–Trinajstić information content (AvgIpc) is 2.03. The van der Waals surface area contributed by atoms with Crippen LogP contribution in [0.1, 0.15) is 17.3 Å². The Morgan fingerprint density at radius 2 is 2.23 bits per heavy atom. The summed E-state index contributed by atoms with van der Waals surface area (Å²) in [6.45, 7) is 2.01. The van der Waals surface area contributed by atoms with Crippen molar-refractivity contribution in [2.75, 3.05) is 11.5 Å². The van der Waals surface area contributed by atoms with Gasteiger partial charge in [-0.3, -0.25) is 0 Å². The van der Waals surface area contributed by atoms with Crippen molar-refractivity contribution in [2.45, 2.75) is 11.8 Å². The molecular weight excluding hydrogens is 186 g/mol. The maximum atomic E-state index is 10.6. The van der Waals surface area contributed by atoms with Crippen molar-refractivity contribution in [2.24, 2.45) is 0 Å². The summed E-state index contributed by atoms with van der Waals surface area (Å²) in [7, 11) is 0. The molecule has 0 saturated carbocycles. The molecule has 1 aromatic carbocycles. The van der Waals surface area contributed by atoms with E-state index >= 15 is 0 Å². The number of thioether (sulfide) groups is 1. The van der Waals surface area contributed by atoms with Crippen LogP contribution in [0, 0.1) is 0 Å². The van der Waals surface area contributed by atoms with E-state index in [9.17, 15) is 4.79 Å². The number of hydrogen-bond acceptors (Lipinski definition) is 3. The van der Waals surface area contributed by atoms with E-state index in [-0.39, 0.29) is 5.56 Å². The lowest BCUT2D eigenvalue weighted by molar-refractivity contribution is 0.0696. The van der Waals surface area contributed by atoms with E-state index in [1.165, 1.54) is 6.07 Å². The van der Waals surface area contributed by atoms with Gasteiger partial charge in [0.2, 0.25) is 0 Å². The van der Waals surface area contributed by atoms with E-state index < -0.39 is 5.97 Å². The van der Waals surface area contributed by atoms with Crippen LogP contribution < -0.4 is 5.73 Å². The molecule has 0 bridgehead atoms. The number of aromatic carboxylic acids is 1. The summed E-state index contributed by atoms with van der Waals surface area (Å²) in [5, 5.41) is 8.74. The van der Waals surface area contributed by atoms with Crippen LogP contribution in [0.2, 0.25) is 0 Å². The maximum absolute atomic E-state index is 10.6. The molecule has 0 radical (unpaired) electrons. The van der Waals surface area contributed by atoms with Crippen LogP contribution in [0.3, 0.4) is 0 Å². The molecule has 4 heteroatoms. The molecule has 0 saturated heterocycles. The second-order valence-corrected chi connectivity index (χ2v) is 3.87. The van der Waals surface area contributed by atoms with E-state index in [0.717, 1.165) is 10.6 Å². The number of carboxylic acid groups (broad SMARTS) is 1. The fourth-order valence-corrected chi connectivity index (χ4v) is 1.76. The van der Waals surface area contributed by atoms with Crippen molar-refractivity contribution in [3.8, 4) is 0 Å². The summed E-state index contributed by atoms with van der Waals surface area (Å²) in [6.07, 6.45) is 0. The molecule has 0 unspecified atom stereocenters. The molecule has 0 fully saturated rings. The highest BCUT2D eigenvalue weighted by Crippen LogP contribution is 2.22. The van der Waals surface area contributed by atoms with Gasteiger partial charge in [0.15, 0.2) is 0 Å². The molecule has 13 heavy (non-hydrogen) atoms. The van der Waals surface area contributed by atoms with Gasteiger partial charge in [-0.25, -0.2) is 4.79 Å². The van der Waals surface area contributed by atoms with Gasteiger partial charge in [0.25, 0.3) is 0 Å². The smallest absolute Gasteiger partial charge is 0.335 e. The predicted octanol–water partition coefficient (Wildman–Crippen LogP) is 2.08. The number of carboxylic acids is 1. The molecular formula is C9H11NO2S. The summed E-state index contributed by atoms with van der Waals surface area (Å²) in [5.41, 5.74) is 6.29. The van der Waals surface area contributed by atoms with Crippen molar-refractivity contribution in [3.63, 3.8) is 0 Å². The van der Waals surface area contributed by atoms with Crippen LogP contribution in [-0.2, 0) is 0 Å². The Morgan fingerprint density at radius 3 is 2.77 bits per heavy atom. The van der Waals surface area contributed by atoms with E-state index in [1.807, 2.05) is 6.92 Å². The van der Waals surface area contributed by atoms with Gasteiger partial charge < -0.3 is 10.8 Å². The number of rotatable bonds is 3. The third kappa shape index (κ3) is 2.66. The first-order valence-electron chi connectivity index (χ1n) is 3.90. The lowest BCUT2D eigenvalue weighted by Crippen LogP contribution is -1.98. The van der Waals surface area contributed by atoms with Crippen LogP contribution in [0.15, 0.2) is 23.1 Å². The molecule has 0 aliphatic rings. The minimum absolute atomic E-state index is 0.246. The van der Waals surface area contributed by atoms with Gasteiger partial charge in [0.1, 0.15) is 0 Å². The Morgan fingerprint density at radius 1 is 1.54 bits per heavy atom. The number of hydrogen-bond donors (Lipinski definition) is 2. The first kappa shape index (κ1) is 9.92. The molecule has 0 amide bonds. The predicted molar refractivity (Wildman–Crippen MR) is 54.2 cm³/mol. The standard InChI is InChI=1S/C9H11NO2S/c1-2-13-8-4-6(9(11)12)3-7(10)5-8/h3-5H,2,10H2,1H3,(H,11,12). The van der Waals surface area contributed by atoms with Crippen LogP contribution in [-0.4, -0.2) is 16.8 Å². The summed E-state index contributed by atoms with van der Waals surface area (Å²) in [6, 6.07) is 4.87. The van der Waals surface area contributed by atoms with E-state index in [4.69, 9.17) is 10.8 Å². The lowest BCUT2D eigenvalue weighted by atomic mass is 10.2. The maximum Gasteiger partial charge on any atom is 0.335 e. The fourth-order valence-electron chi connectivity index (χ4n) is 0.996. The van der Waals surface area contributed by atoms with Crippen LogP contribution in [0.5, 0.6) is 0 Å². The van der Waals surface area contributed by atoms with Crippen molar-refractivity contribution >= 4 is 23.4 Å². The van der Waals surface area contributed by atoms with Gasteiger partial charge in [-0.1, -0.05) is 6.92 Å². The third-order valence-electron chi connectivity index (χ3n) is 1.49. The summed E-state index contributed by atoms with van der Waals surface area (Å²) in [4.78, 5) is 11.5. The molecule has 0 aromatic heterocycles. The zero-order valence-corrected chi connectivity index (χ0v) is 8.10. The number of nitrogen functional groups attached to an aromatic ring is 1. The van der Waals surface area contributed by atoms with Crippen LogP contribution >= 0.6 is 11.8 Å². The Balaban J connectivity index is 3.03. The largest absolute Gasteiger partial charge is 0.478 e. The molecule has 3 N–H and O–H groups in total. The highest BCUT2D eigenvalue weighted by Gasteiger charge is 2.05. The van der Waals surface area contributed by atoms with E-state index in [2.05, 4.69) is 0 Å². The SMILES string of the molecule is CCSc1cc(N)cc(C(=O)O)c1. The molecule has 0 aliphatic heterocycles. The zero-order valence-electron chi connectivity index (χ0n) is 7.28. The lowest BCUT2D eigenvalue weighted by Gasteiger charge is -2.02. The molecule has 0 spiro atoms. The highest BCUT2D eigenvalue weighted by atomic mass is 32.2. The van der Waals surface area contributed by atoms with E-state index in [0.29, 0.717) is 5.69 Å². The minimum atomic E-state index is -0.940. The minimum Gasteiger partial charge on any atom is -0.478 e. The van der Waals surface area contributed by atoms with Crippen molar-refractivity contribution in [3.05, 3.63) is 23.8 Å². The zero-order chi connectivity index (χ0) is 9.84. The number of nitrogens with two attached hydrogens (primary N) is 1. The Hall–Kier alpha value is -1.16. The summed E-state index contributed by atoms with van der Waals surface area (Å²) >= 11 is 1.58. The second-order valence-electron chi connectivity index (χ2n) is 2.53. The quantitative estimate of drug-likeness (QED) is 0.575. The molecule has 70 valence electrons. The molecule has 3 nitrogen and oxygen atoms in total. The molecule has 0 heterocycles. The van der Waals surface area contributed by atoms with Gasteiger partial charge in [-0.15, -0.1) is 11.8 Å². The fraction of sp³-hybridized carbons (Fsp3) is 0.222. The first-order chi connectivity index (χ1) is 6.13. The second kappa shape index (κ2) is 4.18. The van der Waals surface area contributed by atoms with Crippen molar-refractivity contribution in [1.82, 2.24) is 0 Å². The summed E-state index contributed by atoms with van der Waals surface area (Å²) < 4.78 is 0. The molecule has 1 rings (SSSR count). The topological polar surface area (TPSA) is 63.3 Å². The Kier molecular flexibility index (Phi) is 3.19. The first-order valence-corrected chi connectivity index (χ1v) is 4.88. The Bertz CT molecular complexity index is 325. The van der Waals surface area contributed by atoms with E-state index in [1.54, 1.807) is 23.9 Å². The molecule has 0 atom stereocenters. The molecule has 0 aliphatic carbocycles. The van der Waals surface area contributed by atoms with Crippen molar-refractivity contribution < 1.29 is 9.90 Å². The number of benzene rings is 1. The van der Waals surface area contributed by atoms with Gasteiger partial charge in [0, 0.05) is 10.6 Å².